The smallest absolute Gasteiger partial charge is 0.311 e. The molecule has 0 fully saturated rings. The van der Waals surface area contributed by atoms with Crippen LogP contribution in [0.3, 0.4) is 0 Å². The average molecular weight is 593 g/mol. The molecule has 0 aliphatic heterocycles. The maximum Gasteiger partial charge on any atom is 0.322 e. The van der Waals surface area contributed by atoms with Gasteiger partial charge >= 0.3 is 6.03 Å². The summed E-state index contributed by atoms with van der Waals surface area (Å²) in [5.74, 6) is 0.477. The first-order valence-electron chi connectivity index (χ1n) is 13.5. The van der Waals surface area contributed by atoms with E-state index in [4.69, 9.17) is 28.3 Å². The maximum atomic E-state index is 13.4. The largest absolute Gasteiger partial charge is 0.322 e. The normalized spacial score (nSPS) is 11.4. The lowest BCUT2D eigenvalue weighted by molar-refractivity contribution is -0.116. The van der Waals surface area contributed by atoms with Crippen LogP contribution in [0.1, 0.15) is 57.4 Å². The van der Waals surface area contributed by atoms with Crippen molar-refractivity contribution in [3.05, 3.63) is 106 Å². The van der Waals surface area contributed by atoms with Crippen molar-refractivity contribution in [2.45, 2.75) is 52.5 Å². The molecule has 9 heteroatoms. The van der Waals surface area contributed by atoms with E-state index in [0.29, 0.717) is 33.2 Å². The fourth-order valence-electron chi connectivity index (χ4n) is 4.16. The van der Waals surface area contributed by atoms with E-state index in [1.54, 1.807) is 22.9 Å². The van der Waals surface area contributed by atoms with Gasteiger partial charge in [0, 0.05) is 23.7 Å². The highest BCUT2D eigenvalue weighted by Crippen LogP contribution is 2.29. The summed E-state index contributed by atoms with van der Waals surface area (Å²) in [5.41, 5.74) is 3.89. The Balaban J connectivity index is 1.58. The lowest BCUT2D eigenvalue weighted by atomic mass is 9.92. The Morgan fingerprint density at radius 1 is 0.902 bits per heavy atom. The molecular formula is C32H35Cl2N5O2. The van der Waals surface area contributed by atoms with Crippen molar-refractivity contribution in [1.82, 2.24) is 14.7 Å². The lowest BCUT2D eigenvalue weighted by Crippen LogP contribution is -2.40. The molecule has 1 aromatic heterocycles. The number of hydrogen-bond donors (Lipinski definition) is 2. The molecule has 0 atom stereocenters. The van der Waals surface area contributed by atoms with Gasteiger partial charge in [-0.05, 0) is 47.4 Å². The van der Waals surface area contributed by atoms with Crippen LogP contribution in [0.2, 0.25) is 10.0 Å². The van der Waals surface area contributed by atoms with Crippen LogP contribution in [0, 0.1) is 0 Å². The Labute approximate surface area is 251 Å². The van der Waals surface area contributed by atoms with Gasteiger partial charge in [0.25, 0.3) is 0 Å². The van der Waals surface area contributed by atoms with Gasteiger partial charge in [-0.3, -0.25) is 4.79 Å². The molecule has 4 rings (SSSR count). The van der Waals surface area contributed by atoms with Crippen LogP contribution in [0.25, 0.3) is 5.69 Å². The molecule has 3 amide bonds. The number of benzene rings is 3. The number of anilines is 2. The third-order valence-corrected chi connectivity index (χ3v) is 7.30. The summed E-state index contributed by atoms with van der Waals surface area (Å²) in [6.45, 7) is 10.4. The zero-order chi connectivity index (χ0) is 29.7. The summed E-state index contributed by atoms with van der Waals surface area (Å²) in [7, 11) is 0. The van der Waals surface area contributed by atoms with Crippen LogP contribution >= 0.6 is 23.2 Å². The van der Waals surface area contributed by atoms with Gasteiger partial charge in [0.15, 0.2) is 0 Å². The van der Waals surface area contributed by atoms with Gasteiger partial charge < -0.3 is 15.5 Å². The molecule has 0 radical (unpaired) electrons. The molecule has 1 heterocycles. The van der Waals surface area contributed by atoms with E-state index < -0.39 is 0 Å². The molecular weight excluding hydrogens is 557 g/mol. The van der Waals surface area contributed by atoms with Gasteiger partial charge in [-0.25, -0.2) is 9.48 Å². The van der Waals surface area contributed by atoms with Crippen LogP contribution in [0.15, 0.2) is 78.9 Å². The fraction of sp³-hybridized carbons (Fsp3) is 0.281. The summed E-state index contributed by atoms with van der Waals surface area (Å²) in [6, 6.07) is 23.9. The molecule has 0 bridgehead atoms. The standard InChI is InChI=1S/C32H35Cl2N5O2/c1-21(2)23-11-13-24(14-12-23)35-31(41)38(19-22-9-7-6-8-10-22)20-30(40)36-29-18-28(32(3,4)5)37-39(29)25-15-16-26(33)27(34)17-25/h6-18,21H,19-20H2,1-5H3,(H,35,41)(H,36,40). The molecule has 4 aromatic rings. The second-order valence-electron chi connectivity index (χ2n) is 11.3. The summed E-state index contributed by atoms with van der Waals surface area (Å²) in [4.78, 5) is 28.3. The Hall–Kier alpha value is -3.81. The fourth-order valence-corrected chi connectivity index (χ4v) is 4.46. The summed E-state index contributed by atoms with van der Waals surface area (Å²) >= 11 is 12.4. The third-order valence-electron chi connectivity index (χ3n) is 6.56. The van der Waals surface area contributed by atoms with Crippen molar-refractivity contribution in [2.75, 3.05) is 17.2 Å². The number of amides is 3. The van der Waals surface area contributed by atoms with E-state index in [9.17, 15) is 9.59 Å². The van der Waals surface area contributed by atoms with E-state index in [1.807, 2.05) is 81.4 Å². The molecule has 0 saturated heterocycles. The van der Waals surface area contributed by atoms with Crippen molar-refractivity contribution in [3.8, 4) is 5.69 Å². The highest BCUT2D eigenvalue weighted by molar-refractivity contribution is 6.42. The van der Waals surface area contributed by atoms with Gasteiger partial charge in [-0.2, -0.15) is 5.10 Å². The van der Waals surface area contributed by atoms with Crippen molar-refractivity contribution in [1.29, 1.82) is 0 Å². The quantitative estimate of drug-likeness (QED) is 0.216. The maximum absolute atomic E-state index is 13.4. The molecule has 214 valence electrons. The minimum atomic E-state index is -0.380. The van der Waals surface area contributed by atoms with Gasteiger partial charge in [-0.15, -0.1) is 0 Å². The van der Waals surface area contributed by atoms with Crippen LogP contribution in [-0.4, -0.2) is 33.2 Å². The zero-order valence-corrected chi connectivity index (χ0v) is 25.4. The van der Waals surface area contributed by atoms with E-state index in [1.165, 1.54) is 10.5 Å². The molecule has 7 nitrogen and oxygen atoms in total. The summed E-state index contributed by atoms with van der Waals surface area (Å²) < 4.78 is 1.62. The van der Waals surface area contributed by atoms with E-state index in [2.05, 4.69) is 24.5 Å². The van der Waals surface area contributed by atoms with Crippen molar-refractivity contribution < 1.29 is 9.59 Å². The Morgan fingerprint density at radius 3 is 2.20 bits per heavy atom. The number of rotatable bonds is 8. The van der Waals surface area contributed by atoms with Gasteiger partial charge in [-0.1, -0.05) is 100 Å². The minimum absolute atomic E-state index is 0.178. The number of carbonyl (C=O) groups excluding carboxylic acids is 2. The van der Waals surface area contributed by atoms with E-state index >= 15 is 0 Å². The molecule has 3 aromatic carbocycles. The van der Waals surface area contributed by atoms with E-state index in [-0.39, 0.29) is 30.4 Å². The minimum Gasteiger partial charge on any atom is -0.311 e. The highest BCUT2D eigenvalue weighted by Gasteiger charge is 2.24. The number of hydrogen-bond acceptors (Lipinski definition) is 3. The molecule has 0 aliphatic rings. The van der Waals surface area contributed by atoms with Crippen molar-refractivity contribution in [3.63, 3.8) is 0 Å². The summed E-state index contributed by atoms with van der Waals surface area (Å²) in [6.07, 6.45) is 0. The highest BCUT2D eigenvalue weighted by atomic mass is 35.5. The Kier molecular flexibility index (Phi) is 9.41. The van der Waals surface area contributed by atoms with Crippen molar-refractivity contribution >= 4 is 46.6 Å². The third kappa shape index (κ3) is 7.90. The second-order valence-corrected chi connectivity index (χ2v) is 12.1. The van der Waals surface area contributed by atoms with Gasteiger partial charge in [0.2, 0.25) is 5.91 Å². The SMILES string of the molecule is CC(C)c1ccc(NC(=O)N(CC(=O)Nc2cc(C(C)(C)C)nn2-c2ccc(Cl)c(Cl)c2)Cc2ccccc2)cc1. The number of urea groups is 1. The number of nitrogens with zero attached hydrogens (tertiary/aromatic N) is 3. The van der Waals surface area contributed by atoms with Gasteiger partial charge in [0.05, 0.1) is 21.4 Å². The second kappa shape index (κ2) is 12.8. The number of nitrogens with one attached hydrogen (secondary N) is 2. The van der Waals surface area contributed by atoms with Gasteiger partial charge in [0.1, 0.15) is 12.4 Å². The molecule has 0 aliphatic carbocycles. The Bertz CT molecular complexity index is 1510. The van der Waals surface area contributed by atoms with Crippen LogP contribution < -0.4 is 10.6 Å². The lowest BCUT2D eigenvalue weighted by Gasteiger charge is -2.23. The predicted molar refractivity (Wildman–Crippen MR) is 167 cm³/mol. The monoisotopic (exact) mass is 591 g/mol. The number of carbonyl (C=O) groups is 2. The summed E-state index contributed by atoms with van der Waals surface area (Å²) in [5, 5.41) is 11.4. The molecule has 0 spiro atoms. The van der Waals surface area contributed by atoms with Crippen LogP contribution in [-0.2, 0) is 16.8 Å². The first-order chi connectivity index (χ1) is 19.4. The van der Waals surface area contributed by atoms with Crippen LogP contribution in [0.5, 0.6) is 0 Å². The van der Waals surface area contributed by atoms with Crippen molar-refractivity contribution in [2.24, 2.45) is 0 Å². The Morgan fingerprint density at radius 2 is 1.59 bits per heavy atom. The van der Waals surface area contributed by atoms with Crippen LogP contribution in [0.4, 0.5) is 16.3 Å². The molecule has 0 unspecified atom stereocenters. The number of halogens is 2. The zero-order valence-electron chi connectivity index (χ0n) is 23.9. The van der Waals surface area contributed by atoms with E-state index in [0.717, 1.165) is 11.3 Å². The average Bonchev–Trinajstić information content (AvgIpc) is 3.35. The molecule has 41 heavy (non-hydrogen) atoms. The first-order valence-corrected chi connectivity index (χ1v) is 14.2. The molecule has 2 N–H and O–H groups in total. The predicted octanol–water partition coefficient (Wildman–Crippen LogP) is 8.27. The first kappa shape index (κ1) is 30.2. The topological polar surface area (TPSA) is 79.3 Å². The number of aromatic nitrogens is 2. The molecule has 0 saturated carbocycles.